The molecule has 0 fully saturated rings. The van der Waals surface area contributed by atoms with Gasteiger partial charge in [-0.25, -0.2) is 9.29 Å². The van der Waals surface area contributed by atoms with E-state index in [0.29, 0.717) is 5.56 Å². The second-order valence-electron chi connectivity index (χ2n) is 7.96. The summed E-state index contributed by atoms with van der Waals surface area (Å²) in [6.45, 7) is 1.53. The Hall–Kier alpha value is -2.89. The Balaban J connectivity index is 1.62. The first-order valence-electron chi connectivity index (χ1n) is 10.1. The quantitative estimate of drug-likeness (QED) is 0.256. The highest BCUT2D eigenvalue weighted by atomic mass is 35.5. The van der Waals surface area contributed by atoms with Crippen molar-refractivity contribution in [1.29, 1.82) is 0 Å². The number of imide groups is 1. The largest absolute Gasteiger partial charge is 0.435 e. The third kappa shape index (κ3) is 4.51. The number of amides is 2. The SMILES string of the molecule is Cc1cc(C2=NO[C@@](c3cc(Cl)c(F)c(Cl)c3)(C(F)(F)F)C2)ccc1C(=O)N(C=O)C1CC(Cl)=NO1. The van der Waals surface area contributed by atoms with Crippen LogP contribution >= 0.6 is 34.8 Å². The highest BCUT2D eigenvalue weighted by molar-refractivity contribution is 6.65. The Bertz CT molecular complexity index is 1290. The van der Waals surface area contributed by atoms with Crippen molar-refractivity contribution >= 4 is 58.0 Å². The molecule has 14 heteroatoms. The molecule has 0 saturated heterocycles. The zero-order valence-electron chi connectivity index (χ0n) is 18.1. The standard InChI is InChI=1S/C22H14Cl3F4N3O4/c1-10-4-11(2-3-13(10)20(34)32(9-33)18-7-17(25)31-35-18)16-8-21(36-30-16,22(27,28)29)12-5-14(23)19(26)15(24)6-12/h2-6,9,18H,7-8H2,1H3/t18?,21-/m0/s1. The molecule has 4 rings (SSSR count). The molecule has 2 aliphatic heterocycles. The molecule has 0 aromatic heterocycles. The third-order valence-electron chi connectivity index (χ3n) is 5.70. The molecule has 0 aliphatic carbocycles. The molecule has 0 spiro atoms. The lowest BCUT2D eigenvalue weighted by Gasteiger charge is -2.29. The van der Waals surface area contributed by atoms with E-state index in [9.17, 15) is 27.2 Å². The van der Waals surface area contributed by atoms with Gasteiger partial charge in [-0.05, 0) is 42.3 Å². The monoisotopic (exact) mass is 565 g/mol. The lowest BCUT2D eigenvalue weighted by molar-refractivity contribution is -0.275. The molecule has 0 radical (unpaired) electrons. The molecule has 2 aromatic rings. The Morgan fingerprint density at radius 1 is 1.17 bits per heavy atom. The van der Waals surface area contributed by atoms with Gasteiger partial charge >= 0.3 is 6.18 Å². The lowest BCUT2D eigenvalue weighted by Crippen LogP contribution is -2.42. The van der Waals surface area contributed by atoms with Gasteiger partial charge in [-0.15, -0.1) is 0 Å². The van der Waals surface area contributed by atoms with Gasteiger partial charge in [0.05, 0.1) is 22.2 Å². The predicted molar refractivity (Wildman–Crippen MR) is 123 cm³/mol. The second-order valence-corrected chi connectivity index (χ2v) is 9.21. The maximum atomic E-state index is 14.2. The van der Waals surface area contributed by atoms with E-state index in [4.69, 9.17) is 44.5 Å². The van der Waals surface area contributed by atoms with Crippen molar-refractivity contribution in [3.8, 4) is 0 Å². The molecule has 36 heavy (non-hydrogen) atoms. The van der Waals surface area contributed by atoms with Crippen LogP contribution in [0, 0.1) is 12.7 Å². The van der Waals surface area contributed by atoms with E-state index in [0.717, 1.165) is 17.0 Å². The van der Waals surface area contributed by atoms with Crippen LogP contribution in [0.15, 0.2) is 40.6 Å². The number of halogens is 7. The van der Waals surface area contributed by atoms with Crippen molar-refractivity contribution < 1.29 is 36.8 Å². The summed E-state index contributed by atoms with van der Waals surface area (Å²) >= 11 is 17.2. The summed E-state index contributed by atoms with van der Waals surface area (Å²) in [5.74, 6) is -1.78. The zero-order chi connectivity index (χ0) is 26.4. The van der Waals surface area contributed by atoms with Gasteiger partial charge in [0.15, 0.2) is 11.0 Å². The molecule has 0 bridgehead atoms. The van der Waals surface area contributed by atoms with E-state index in [-0.39, 0.29) is 34.8 Å². The Morgan fingerprint density at radius 2 is 1.83 bits per heavy atom. The van der Waals surface area contributed by atoms with Gasteiger partial charge in [0.2, 0.25) is 12.6 Å². The lowest BCUT2D eigenvalue weighted by atomic mass is 9.86. The van der Waals surface area contributed by atoms with Crippen molar-refractivity contribution in [3.05, 3.63) is 68.4 Å². The van der Waals surface area contributed by atoms with Crippen LogP contribution in [-0.2, 0) is 20.1 Å². The maximum Gasteiger partial charge on any atom is 0.435 e. The van der Waals surface area contributed by atoms with Gasteiger partial charge in [-0.1, -0.05) is 51.2 Å². The summed E-state index contributed by atoms with van der Waals surface area (Å²) in [7, 11) is 0. The van der Waals surface area contributed by atoms with Crippen LogP contribution in [0.25, 0.3) is 0 Å². The molecular formula is C22H14Cl3F4N3O4. The minimum atomic E-state index is -4.97. The summed E-state index contributed by atoms with van der Waals surface area (Å²) in [4.78, 5) is 35.1. The van der Waals surface area contributed by atoms with E-state index in [1.54, 1.807) is 0 Å². The smallest absolute Gasteiger partial charge is 0.374 e. The second kappa shape index (κ2) is 9.53. The van der Waals surface area contributed by atoms with E-state index in [2.05, 4.69) is 10.3 Å². The number of rotatable bonds is 5. The number of hydrogen-bond donors (Lipinski definition) is 0. The van der Waals surface area contributed by atoms with Crippen LogP contribution in [0.1, 0.15) is 39.9 Å². The van der Waals surface area contributed by atoms with Crippen LogP contribution < -0.4 is 0 Å². The average Bonchev–Trinajstić information content (AvgIpc) is 3.45. The number of alkyl halides is 3. The molecule has 2 aromatic carbocycles. The minimum Gasteiger partial charge on any atom is -0.374 e. The summed E-state index contributed by atoms with van der Waals surface area (Å²) in [6, 6.07) is 5.70. The molecule has 7 nitrogen and oxygen atoms in total. The number of carbonyl (C=O) groups excluding carboxylic acids is 2. The van der Waals surface area contributed by atoms with Crippen molar-refractivity contribution in [1.82, 2.24) is 4.90 Å². The van der Waals surface area contributed by atoms with E-state index in [1.165, 1.54) is 25.1 Å². The van der Waals surface area contributed by atoms with Gasteiger partial charge in [-0.3, -0.25) is 9.59 Å². The fraction of sp³-hybridized carbons (Fsp3) is 0.273. The summed E-state index contributed by atoms with van der Waals surface area (Å²) in [5.41, 5.74) is -2.90. The first-order valence-corrected chi connectivity index (χ1v) is 11.3. The highest BCUT2D eigenvalue weighted by Crippen LogP contribution is 2.50. The molecule has 2 heterocycles. The van der Waals surface area contributed by atoms with E-state index < -0.39 is 51.8 Å². The first kappa shape index (κ1) is 26.2. The summed E-state index contributed by atoms with van der Waals surface area (Å²) < 4.78 is 56.5. The Morgan fingerprint density at radius 3 is 2.36 bits per heavy atom. The Labute approximate surface area is 216 Å². The van der Waals surface area contributed by atoms with Gasteiger partial charge in [0, 0.05) is 17.5 Å². The number of aryl methyl sites for hydroxylation is 1. The predicted octanol–water partition coefficient (Wildman–Crippen LogP) is 5.92. The van der Waals surface area contributed by atoms with Gasteiger partial charge in [0.1, 0.15) is 0 Å². The molecule has 2 atom stereocenters. The Kier molecular flexibility index (Phi) is 6.93. The molecule has 0 saturated carbocycles. The molecule has 0 N–H and O–H groups in total. The van der Waals surface area contributed by atoms with Gasteiger partial charge in [0.25, 0.3) is 11.5 Å². The van der Waals surface area contributed by atoms with Crippen molar-refractivity contribution in [3.63, 3.8) is 0 Å². The van der Waals surface area contributed by atoms with Crippen LogP contribution in [-0.4, -0.2) is 40.5 Å². The van der Waals surface area contributed by atoms with E-state index in [1.807, 2.05) is 0 Å². The van der Waals surface area contributed by atoms with Gasteiger partial charge in [-0.2, -0.15) is 13.2 Å². The molecule has 2 aliphatic rings. The van der Waals surface area contributed by atoms with E-state index >= 15 is 0 Å². The maximum absolute atomic E-state index is 14.2. The van der Waals surface area contributed by atoms with Crippen molar-refractivity contribution in [2.45, 2.75) is 37.8 Å². The van der Waals surface area contributed by atoms with Crippen LogP contribution in [0.4, 0.5) is 17.6 Å². The number of hydrogen-bond acceptors (Lipinski definition) is 6. The number of carbonyl (C=O) groups is 2. The van der Waals surface area contributed by atoms with Crippen LogP contribution in [0.2, 0.25) is 10.0 Å². The molecule has 190 valence electrons. The van der Waals surface area contributed by atoms with Crippen LogP contribution in [0.5, 0.6) is 0 Å². The van der Waals surface area contributed by atoms with Crippen molar-refractivity contribution in [2.75, 3.05) is 0 Å². The average molecular weight is 567 g/mol. The number of benzene rings is 2. The third-order valence-corrected chi connectivity index (χ3v) is 6.47. The van der Waals surface area contributed by atoms with Crippen molar-refractivity contribution in [2.24, 2.45) is 10.3 Å². The fourth-order valence-electron chi connectivity index (χ4n) is 3.80. The summed E-state index contributed by atoms with van der Waals surface area (Å²) in [5, 5.41) is 6.01. The number of oxime groups is 2. The topological polar surface area (TPSA) is 80.6 Å². The van der Waals surface area contributed by atoms with Crippen LogP contribution in [0.3, 0.4) is 0 Å². The minimum absolute atomic E-state index is 0.0221. The molecule has 2 amide bonds. The zero-order valence-corrected chi connectivity index (χ0v) is 20.3. The summed E-state index contributed by atoms with van der Waals surface area (Å²) in [6.07, 6.45) is -6.46. The molecule has 1 unspecified atom stereocenters. The number of nitrogens with zero attached hydrogens (tertiary/aromatic N) is 3. The highest BCUT2D eigenvalue weighted by Gasteiger charge is 2.62. The first-order chi connectivity index (χ1) is 16.9. The molecular weight excluding hydrogens is 553 g/mol. The van der Waals surface area contributed by atoms with Gasteiger partial charge < -0.3 is 9.68 Å². The normalized spacial score (nSPS) is 21.4. The fourth-order valence-corrected chi connectivity index (χ4v) is 4.46.